The maximum atomic E-state index is 12.4. The minimum Gasteiger partial charge on any atom is -0.430 e. The molecule has 1 fully saturated rings. The first-order valence-electron chi connectivity index (χ1n) is 8.02. The molecule has 0 spiro atoms. The molecule has 1 aliphatic rings. The molecular weight excluding hydrogens is 338 g/mol. The molecule has 4 heterocycles. The topological polar surface area (TPSA) is 110 Å². The van der Waals surface area contributed by atoms with Gasteiger partial charge in [-0.15, -0.1) is 10.2 Å². The Labute approximate surface area is 147 Å². The Morgan fingerprint density at radius 3 is 2.38 bits per heavy atom. The van der Waals surface area contributed by atoms with Gasteiger partial charge in [-0.2, -0.15) is 5.10 Å². The van der Waals surface area contributed by atoms with Crippen LogP contribution in [0.1, 0.15) is 10.4 Å². The second kappa shape index (κ2) is 6.75. The normalized spacial score (nSPS) is 14.5. The summed E-state index contributed by atoms with van der Waals surface area (Å²) in [5.41, 5.74) is -0.102. The molecule has 10 heteroatoms. The molecule has 10 nitrogen and oxygen atoms in total. The van der Waals surface area contributed by atoms with Gasteiger partial charge in [0.05, 0.1) is 5.56 Å². The minimum absolute atomic E-state index is 0.152. The lowest BCUT2D eigenvalue weighted by atomic mass is 10.2. The third kappa shape index (κ3) is 3.16. The van der Waals surface area contributed by atoms with Gasteiger partial charge in [0.2, 0.25) is 0 Å². The number of nitrogens with zero attached hydrogens (tertiary/aromatic N) is 7. The van der Waals surface area contributed by atoms with Crippen LogP contribution in [0.25, 0.3) is 5.82 Å². The van der Waals surface area contributed by atoms with Gasteiger partial charge in [0, 0.05) is 32.2 Å². The summed E-state index contributed by atoms with van der Waals surface area (Å²) in [6.45, 7) is 2.37. The minimum atomic E-state index is -0.473. The van der Waals surface area contributed by atoms with Crippen molar-refractivity contribution in [3.63, 3.8) is 0 Å². The van der Waals surface area contributed by atoms with E-state index in [0.717, 1.165) is 5.82 Å². The highest BCUT2D eigenvalue weighted by Crippen LogP contribution is 2.15. The lowest BCUT2D eigenvalue weighted by molar-refractivity contribution is 0.0743. The van der Waals surface area contributed by atoms with Gasteiger partial charge >= 0.3 is 5.63 Å². The van der Waals surface area contributed by atoms with E-state index in [4.69, 9.17) is 4.42 Å². The van der Waals surface area contributed by atoms with Gasteiger partial charge in [-0.25, -0.2) is 14.5 Å². The number of carbonyl (C=O) groups excluding carboxylic acids is 1. The fourth-order valence-corrected chi connectivity index (χ4v) is 2.74. The quantitative estimate of drug-likeness (QED) is 0.646. The number of anilines is 1. The van der Waals surface area contributed by atoms with Gasteiger partial charge in [0.15, 0.2) is 11.6 Å². The number of hydrogen-bond acceptors (Lipinski definition) is 8. The molecular formula is C16H15N7O3. The number of amides is 1. The number of carbonyl (C=O) groups is 1. The molecule has 0 unspecified atom stereocenters. The van der Waals surface area contributed by atoms with Crippen molar-refractivity contribution in [1.29, 1.82) is 0 Å². The molecule has 1 amide bonds. The van der Waals surface area contributed by atoms with Crippen LogP contribution in [0.15, 0.2) is 52.4 Å². The zero-order valence-corrected chi connectivity index (χ0v) is 13.7. The Hall–Kier alpha value is -3.56. The van der Waals surface area contributed by atoms with Crippen molar-refractivity contribution < 1.29 is 9.21 Å². The summed E-state index contributed by atoms with van der Waals surface area (Å²) in [6, 6.07) is 6.42. The second-order valence-electron chi connectivity index (χ2n) is 5.71. The van der Waals surface area contributed by atoms with E-state index in [1.54, 1.807) is 11.2 Å². The van der Waals surface area contributed by atoms with Crippen LogP contribution < -0.4 is 10.5 Å². The van der Waals surface area contributed by atoms with Crippen molar-refractivity contribution in [1.82, 2.24) is 29.9 Å². The van der Waals surface area contributed by atoms with Crippen molar-refractivity contribution >= 4 is 11.7 Å². The fraction of sp³-hybridized carbons (Fsp3) is 0.250. The summed E-state index contributed by atoms with van der Waals surface area (Å²) < 4.78 is 6.29. The van der Waals surface area contributed by atoms with Crippen LogP contribution in [-0.2, 0) is 0 Å². The third-order valence-corrected chi connectivity index (χ3v) is 4.13. The predicted octanol–water partition coefficient (Wildman–Crippen LogP) is -0.0271. The number of aromatic nitrogens is 5. The lowest BCUT2D eigenvalue weighted by Gasteiger charge is -2.35. The van der Waals surface area contributed by atoms with Gasteiger partial charge in [0.1, 0.15) is 18.9 Å². The van der Waals surface area contributed by atoms with Crippen LogP contribution in [0.5, 0.6) is 0 Å². The molecule has 0 aliphatic carbocycles. The number of piperazine rings is 1. The van der Waals surface area contributed by atoms with Crippen molar-refractivity contribution in [2.75, 3.05) is 31.1 Å². The van der Waals surface area contributed by atoms with Crippen LogP contribution in [0.2, 0.25) is 0 Å². The predicted molar refractivity (Wildman–Crippen MR) is 90.0 cm³/mol. The summed E-state index contributed by atoms with van der Waals surface area (Å²) in [5, 5.41) is 12.4. The van der Waals surface area contributed by atoms with E-state index in [9.17, 15) is 9.59 Å². The first kappa shape index (κ1) is 15.9. The highest BCUT2D eigenvalue weighted by atomic mass is 16.4. The van der Waals surface area contributed by atoms with Gasteiger partial charge in [-0.05, 0) is 18.2 Å². The van der Waals surface area contributed by atoms with Crippen molar-refractivity contribution in [3.8, 4) is 5.82 Å². The Morgan fingerprint density at radius 2 is 1.77 bits per heavy atom. The molecule has 132 valence electrons. The number of rotatable bonds is 3. The van der Waals surface area contributed by atoms with E-state index in [0.29, 0.717) is 37.6 Å². The first-order valence-corrected chi connectivity index (χ1v) is 8.02. The Kier molecular flexibility index (Phi) is 4.14. The van der Waals surface area contributed by atoms with E-state index >= 15 is 0 Å². The summed E-state index contributed by atoms with van der Waals surface area (Å²) in [4.78, 5) is 31.1. The van der Waals surface area contributed by atoms with Gasteiger partial charge in [-0.1, -0.05) is 0 Å². The Morgan fingerprint density at radius 1 is 1.00 bits per heavy atom. The zero-order chi connectivity index (χ0) is 17.9. The average molecular weight is 353 g/mol. The fourth-order valence-electron chi connectivity index (χ4n) is 2.74. The summed E-state index contributed by atoms with van der Waals surface area (Å²) in [6.07, 6.45) is 4.19. The second-order valence-corrected chi connectivity index (χ2v) is 5.71. The van der Waals surface area contributed by atoms with Crippen LogP contribution >= 0.6 is 0 Å². The van der Waals surface area contributed by atoms with Gasteiger partial charge < -0.3 is 14.2 Å². The third-order valence-electron chi connectivity index (χ3n) is 4.13. The summed E-state index contributed by atoms with van der Waals surface area (Å²) >= 11 is 0. The molecule has 0 aromatic carbocycles. The lowest BCUT2D eigenvalue weighted by Crippen LogP contribution is -2.49. The van der Waals surface area contributed by atoms with Crippen molar-refractivity contribution in [2.45, 2.75) is 0 Å². The summed E-state index contributed by atoms with van der Waals surface area (Å²) in [5.74, 6) is 1.18. The molecule has 1 saturated heterocycles. The molecule has 26 heavy (non-hydrogen) atoms. The first-order chi connectivity index (χ1) is 12.7. The average Bonchev–Trinajstić information content (AvgIpc) is 3.23. The molecule has 0 atom stereocenters. The maximum absolute atomic E-state index is 12.4. The van der Waals surface area contributed by atoms with Gasteiger partial charge in [0.25, 0.3) is 5.91 Å². The molecule has 3 aromatic rings. The van der Waals surface area contributed by atoms with E-state index in [1.807, 2.05) is 12.1 Å². The number of hydrogen-bond donors (Lipinski definition) is 0. The molecule has 0 N–H and O–H groups in total. The highest BCUT2D eigenvalue weighted by Gasteiger charge is 2.23. The molecule has 1 aliphatic heterocycles. The largest absolute Gasteiger partial charge is 0.430 e. The van der Waals surface area contributed by atoms with Crippen molar-refractivity contribution in [3.05, 3.63) is 59.2 Å². The molecule has 4 rings (SSSR count). The van der Waals surface area contributed by atoms with Crippen LogP contribution in [0.4, 0.5) is 5.82 Å². The standard InChI is InChI=1S/C16H15N7O3/c24-15-4-1-12(9-26-15)16(25)22-7-5-21(6-8-22)13-2-3-14(20-19-13)23-11-17-10-18-23/h1-4,9-11H,5-8H2. The monoisotopic (exact) mass is 353 g/mol. The molecule has 0 radical (unpaired) electrons. The zero-order valence-electron chi connectivity index (χ0n) is 13.7. The van der Waals surface area contributed by atoms with Crippen LogP contribution in [-0.4, -0.2) is 61.9 Å². The highest BCUT2D eigenvalue weighted by molar-refractivity contribution is 5.93. The molecule has 3 aromatic heterocycles. The van der Waals surface area contributed by atoms with E-state index in [-0.39, 0.29) is 5.91 Å². The molecule has 0 saturated carbocycles. The van der Waals surface area contributed by atoms with E-state index in [2.05, 4.69) is 25.2 Å². The maximum Gasteiger partial charge on any atom is 0.335 e. The van der Waals surface area contributed by atoms with E-state index < -0.39 is 5.63 Å². The Bertz CT molecular complexity index is 924. The van der Waals surface area contributed by atoms with Crippen LogP contribution in [0.3, 0.4) is 0 Å². The Balaban J connectivity index is 1.39. The van der Waals surface area contributed by atoms with E-state index in [1.165, 1.54) is 29.4 Å². The van der Waals surface area contributed by atoms with Crippen molar-refractivity contribution in [2.24, 2.45) is 0 Å². The smallest absolute Gasteiger partial charge is 0.335 e. The SMILES string of the molecule is O=C(c1ccc(=O)oc1)N1CCN(c2ccc(-n3cncn3)nn2)CC1. The molecule has 0 bridgehead atoms. The van der Waals surface area contributed by atoms with Crippen LogP contribution in [0, 0.1) is 0 Å². The summed E-state index contributed by atoms with van der Waals surface area (Å²) in [7, 11) is 0. The van der Waals surface area contributed by atoms with Gasteiger partial charge in [-0.3, -0.25) is 4.79 Å².